The lowest BCUT2D eigenvalue weighted by Gasteiger charge is -2.10. The van der Waals surface area contributed by atoms with Crippen LogP contribution in [0.15, 0.2) is 48.7 Å². The fourth-order valence-electron chi connectivity index (χ4n) is 2.04. The second-order valence-corrected chi connectivity index (χ2v) is 5.09. The second kappa shape index (κ2) is 6.90. The Morgan fingerprint density at radius 1 is 0.846 bits per heavy atom. The van der Waals surface area contributed by atoms with Crippen LogP contribution in [-0.4, -0.2) is 15.2 Å². The van der Waals surface area contributed by atoms with Crippen molar-refractivity contribution in [2.24, 2.45) is 0 Å². The molecule has 0 fully saturated rings. The average Bonchev–Trinajstić information content (AvgIpc) is 2.58. The first-order chi connectivity index (χ1) is 12.3. The van der Waals surface area contributed by atoms with Gasteiger partial charge in [-0.25, -0.2) is 8.78 Å². The Bertz CT molecular complexity index is 891. The van der Waals surface area contributed by atoms with Crippen molar-refractivity contribution in [1.82, 2.24) is 15.2 Å². The zero-order chi connectivity index (χ0) is 18.7. The maximum atomic E-state index is 13.6. The SMILES string of the molecule is Fc1cccc(F)c1Nc1nncc(Nc2ccc(C(F)(F)F)cc2)n1. The van der Waals surface area contributed by atoms with Crippen LogP contribution in [0.4, 0.5) is 45.1 Å². The molecule has 0 spiro atoms. The molecule has 3 aromatic rings. The van der Waals surface area contributed by atoms with Gasteiger partial charge in [0.1, 0.15) is 17.3 Å². The summed E-state index contributed by atoms with van der Waals surface area (Å²) in [6.07, 6.45) is -3.23. The third-order valence-corrected chi connectivity index (χ3v) is 3.24. The quantitative estimate of drug-likeness (QED) is 0.657. The molecule has 0 amide bonds. The number of halogens is 5. The van der Waals surface area contributed by atoms with E-state index in [4.69, 9.17) is 0 Å². The minimum Gasteiger partial charge on any atom is -0.339 e. The first kappa shape index (κ1) is 17.5. The molecule has 2 N–H and O–H groups in total. The number of hydrogen-bond acceptors (Lipinski definition) is 5. The molecule has 26 heavy (non-hydrogen) atoms. The van der Waals surface area contributed by atoms with Gasteiger partial charge in [0.15, 0.2) is 5.82 Å². The lowest BCUT2D eigenvalue weighted by molar-refractivity contribution is -0.137. The summed E-state index contributed by atoms with van der Waals surface area (Å²) in [4.78, 5) is 3.97. The molecule has 0 aliphatic rings. The minimum atomic E-state index is -4.43. The molecule has 10 heteroatoms. The van der Waals surface area contributed by atoms with Gasteiger partial charge in [0, 0.05) is 5.69 Å². The van der Waals surface area contributed by atoms with E-state index in [2.05, 4.69) is 25.8 Å². The Labute approximate surface area is 143 Å². The summed E-state index contributed by atoms with van der Waals surface area (Å²) in [5.41, 5.74) is -0.913. The van der Waals surface area contributed by atoms with Crippen LogP contribution >= 0.6 is 0 Å². The Morgan fingerprint density at radius 3 is 2.12 bits per heavy atom. The maximum Gasteiger partial charge on any atom is 0.416 e. The van der Waals surface area contributed by atoms with E-state index in [-0.39, 0.29) is 11.8 Å². The number of nitrogens with one attached hydrogen (secondary N) is 2. The number of para-hydroxylation sites is 1. The molecule has 2 aromatic carbocycles. The van der Waals surface area contributed by atoms with Gasteiger partial charge in [0.2, 0.25) is 5.95 Å². The van der Waals surface area contributed by atoms with Crippen molar-refractivity contribution < 1.29 is 22.0 Å². The van der Waals surface area contributed by atoms with Gasteiger partial charge in [0.05, 0.1) is 11.8 Å². The molecule has 0 saturated heterocycles. The van der Waals surface area contributed by atoms with Crippen molar-refractivity contribution in [2.75, 3.05) is 10.6 Å². The van der Waals surface area contributed by atoms with Gasteiger partial charge < -0.3 is 10.6 Å². The van der Waals surface area contributed by atoms with Gasteiger partial charge in [-0.2, -0.15) is 23.3 Å². The number of aromatic nitrogens is 3. The Hall–Kier alpha value is -3.30. The topological polar surface area (TPSA) is 62.7 Å². The molecule has 134 valence electrons. The van der Waals surface area contributed by atoms with Crippen molar-refractivity contribution in [3.63, 3.8) is 0 Å². The zero-order valence-corrected chi connectivity index (χ0v) is 12.9. The van der Waals surface area contributed by atoms with Crippen molar-refractivity contribution in [1.29, 1.82) is 0 Å². The number of alkyl halides is 3. The summed E-state index contributed by atoms with van der Waals surface area (Å²) in [6.45, 7) is 0. The highest BCUT2D eigenvalue weighted by molar-refractivity contribution is 5.59. The first-order valence-electron chi connectivity index (χ1n) is 7.18. The third kappa shape index (κ3) is 4.02. The molecule has 0 bridgehead atoms. The largest absolute Gasteiger partial charge is 0.416 e. The van der Waals surface area contributed by atoms with E-state index in [1.807, 2.05) is 0 Å². The van der Waals surface area contributed by atoms with Gasteiger partial charge in [-0.05, 0) is 36.4 Å². The van der Waals surface area contributed by atoms with Crippen LogP contribution in [0.2, 0.25) is 0 Å². The summed E-state index contributed by atoms with van der Waals surface area (Å²) < 4.78 is 64.9. The van der Waals surface area contributed by atoms with Crippen LogP contribution in [0.5, 0.6) is 0 Å². The van der Waals surface area contributed by atoms with E-state index in [0.29, 0.717) is 5.69 Å². The number of hydrogen-bond donors (Lipinski definition) is 2. The zero-order valence-electron chi connectivity index (χ0n) is 12.9. The molecule has 5 nitrogen and oxygen atoms in total. The molecule has 0 unspecified atom stereocenters. The van der Waals surface area contributed by atoms with Crippen LogP contribution in [0, 0.1) is 11.6 Å². The van der Waals surface area contributed by atoms with Crippen LogP contribution in [0.3, 0.4) is 0 Å². The van der Waals surface area contributed by atoms with Crippen LogP contribution in [-0.2, 0) is 6.18 Å². The second-order valence-electron chi connectivity index (χ2n) is 5.09. The van der Waals surface area contributed by atoms with Crippen LogP contribution in [0.25, 0.3) is 0 Å². The van der Waals surface area contributed by atoms with Crippen molar-refractivity contribution in [3.8, 4) is 0 Å². The molecule has 3 rings (SSSR count). The normalized spacial score (nSPS) is 11.3. The molecule has 1 heterocycles. The predicted molar refractivity (Wildman–Crippen MR) is 84.2 cm³/mol. The number of rotatable bonds is 4. The Balaban J connectivity index is 1.77. The molecule has 1 aromatic heterocycles. The summed E-state index contributed by atoms with van der Waals surface area (Å²) >= 11 is 0. The summed E-state index contributed by atoms with van der Waals surface area (Å²) in [6, 6.07) is 7.57. The molecule has 0 aliphatic heterocycles. The van der Waals surface area contributed by atoms with E-state index < -0.39 is 29.1 Å². The molecule has 0 saturated carbocycles. The summed E-state index contributed by atoms with van der Waals surface area (Å²) in [5.74, 6) is -1.74. The van der Waals surface area contributed by atoms with Gasteiger partial charge in [-0.1, -0.05) is 6.07 Å². The highest BCUT2D eigenvalue weighted by Crippen LogP contribution is 2.30. The minimum absolute atomic E-state index is 0.124. The van der Waals surface area contributed by atoms with Crippen molar-refractivity contribution in [3.05, 3.63) is 65.9 Å². The summed E-state index contributed by atoms with van der Waals surface area (Å²) in [7, 11) is 0. The monoisotopic (exact) mass is 367 g/mol. The fourth-order valence-corrected chi connectivity index (χ4v) is 2.04. The van der Waals surface area contributed by atoms with E-state index in [9.17, 15) is 22.0 Å². The van der Waals surface area contributed by atoms with Gasteiger partial charge in [-0.15, -0.1) is 5.10 Å². The third-order valence-electron chi connectivity index (χ3n) is 3.24. The number of benzene rings is 2. The molecule has 0 atom stereocenters. The lowest BCUT2D eigenvalue weighted by atomic mass is 10.2. The fraction of sp³-hybridized carbons (Fsp3) is 0.0625. The Kier molecular flexibility index (Phi) is 4.65. The van der Waals surface area contributed by atoms with E-state index in [1.54, 1.807) is 0 Å². The maximum absolute atomic E-state index is 13.6. The smallest absolute Gasteiger partial charge is 0.339 e. The lowest BCUT2D eigenvalue weighted by Crippen LogP contribution is -2.06. The number of nitrogens with zero attached hydrogens (tertiary/aromatic N) is 3. The van der Waals surface area contributed by atoms with Gasteiger partial charge >= 0.3 is 6.18 Å². The molecule has 0 radical (unpaired) electrons. The van der Waals surface area contributed by atoms with Crippen LogP contribution < -0.4 is 10.6 Å². The first-order valence-corrected chi connectivity index (χ1v) is 7.18. The number of anilines is 4. The summed E-state index contributed by atoms with van der Waals surface area (Å²) in [5, 5.41) is 12.3. The standard InChI is InChI=1S/C16H10F5N5/c17-11-2-1-3-12(18)14(11)25-15-24-13(8-22-26-15)23-10-6-4-9(5-7-10)16(19,20)21/h1-8H,(H2,23,24,25,26). The highest BCUT2D eigenvalue weighted by atomic mass is 19.4. The van der Waals surface area contributed by atoms with Crippen molar-refractivity contribution >= 4 is 23.1 Å². The van der Waals surface area contributed by atoms with Crippen LogP contribution in [0.1, 0.15) is 5.56 Å². The van der Waals surface area contributed by atoms with E-state index >= 15 is 0 Å². The van der Waals surface area contributed by atoms with Gasteiger partial charge in [-0.3, -0.25) is 0 Å². The van der Waals surface area contributed by atoms with Gasteiger partial charge in [0.25, 0.3) is 0 Å². The Morgan fingerprint density at radius 2 is 1.50 bits per heavy atom. The molecule has 0 aliphatic carbocycles. The van der Waals surface area contributed by atoms with E-state index in [0.717, 1.165) is 24.3 Å². The highest BCUT2D eigenvalue weighted by Gasteiger charge is 2.29. The predicted octanol–water partition coefficient (Wildman–Crippen LogP) is 4.66. The molecular formula is C16H10F5N5. The molecular weight excluding hydrogens is 357 g/mol. The average molecular weight is 367 g/mol. The van der Waals surface area contributed by atoms with E-state index in [1.165, 1.54) is 24.4 Å². The van der Waals surface area contributed by atoms with Crippen molar-refractivity contribution in [2.45, 2.75) is 6.18 Å².